The van der Waals surface area contributed by atoms with Crippen LogP contribution in [0.1, 0.15) is 20.3 Å². The fraction of sp³-hybridized carbons (Fsp3) is 0.714. The molecule has 5 nitrogen and oxygen atoms in total. The van der Waals surface area contributed by atoms with E-state index in [1.54, 1.807) is 13.1 Å². The van der Waals surface area contributed by atoms with E-state index in [2.05, 4.69) is 16.9 Å². The summed E-state index contributed by atoms with van der Waals surface area (Å²) in [6.45, 7) is 8.34. The molecule has 1 aromatic rings. The van der Waals surface area contributed by atoms with Crippen LogP contribution in [0.4, 0.5) is 0 Å². The van der Waals surface area contributed by atoms with E-state index in [9.17, 15) is 4.79 Å². The number of carbonyl (C=O) groups excluding carboxylic acids is 1. The standard InChI is InChI=1S/C14H23ClN4O/c1-3-13-11-17(7-9-18-6-4-5-16-18)8-10-19(13)14(20)12(2)15/h4-6,12-13H,3,7-11H2,1-2H3. The van der Waals surface area contributed by atoms with Gasteiger partial charge in [-0.3, -0.25) is 14.4 Å². The van der Waals surface area contributed by atoms with Crippen LogP contribution in [0, 0.1) is 0 Å². The van der Waals surface area contributed by atoms with E-state index in [0.717, 1.165) is 39.1 Å². The van der Waals surface area contributed by atoms with Crippen molar-refractivity contribution in [3.8, 4) is 0 Å². The number of carbonyl (C=O) groups is 1. The van der Waals surface area contributed by atoms with E-state index in [0.29, 0.717) is 0 Å². The van der Waals surface area contributed by atoms with E-state index in [4.69, 9.17) is 11.6 Å². The molecule has 1 fully saturated rings. The third-order valence-electron chi connectivity index (χ3n) is 3.87. The van der Waals surface area contributed by atoms with Gasteiger partial charge in [0.2, 0.25) is 5.91 Å². The summed E-state index contributed by atoms with van der Waals surface area (Å²) in [4.78, 5) is 16.4. The summed E-state index contributed by atoms with van der Waals surface area (Å²) in [5.74, 6) is 0.0604. The Morgan fingerprint density at radius 2 is 2.25 bits per heavy atom. The summed E-state index contributed by atoms with van der Waals surface area (Å²) in [5, 5.41) is 3.78. The minimum atomic E-state index is -0.431. The molecular weight excluding hydrogens is 276 g/mol. The predicted octanol–water partition coefficient (Wildman–Crippen LogP) is 1.43. The number of aromatic nitrogens is 2. The molecular formula is C14H23ClN4O. The normalized spacial score (nSPS) is 21.9. The van der Waals surface area contributed by atoms with E-state index < -0.39 is 5.38 Å². The molecule has 1 saturated heterocycles. The number of alkyl halides is 1. The zero-order valence-corrected chi connectivity index (χ0v) is 13.0. The quantitative estimate of drug-likeness (QED) is 0.772. The number of nitrogens with zero attached hydrogens (tertiary/aromatic N) is 4. The van der Waals surface area contributed by atoms with Crippen LogP contribution in [0.2, 0.25) is 0 Å². The van der Waals surface area contributed by atoms with Gasteiger partial charge in [0.1, 0.15) is 5.38 Å². The summed E-state index contributed by atoms with van der Waals surface area (Å²) in [6.07, 6.45) is 4.74. The molecule has 1 amide bonds. The largest absolute Gasteiger partial charge is 0.336 e. The summed E-state index contributed by atoms with van der Waals surface area (Å²) in [5.41, 5.74) is 0. The van der Waals surface area contributed by atoms with Crippen LogP contribution >= 0.6 is 11.6 Å². The van der Waals surface area contributed by atoms with Crippen molar-refractivity contribution < 1.29 is 4.79 Å². The number of hydrogen-bond donors (Lipinski definition) is 0. The van der Waals surface area contributed by atoms with Crippen molar-refractivity contribution in [3.05, 3.63) is 18.5 Å². The maximum atomic E-state index is 12.1. The van der Waals surface area contributed by atoms with Gasteiger partial charge in [-0.15, -0.1) is 11.6 Å². The SMILES string of the molecule is CCC1CN(CCn2cccn2)CCN1C(=O)C(C)Cl. The molecule has 2 unspecified atom stereocenters. The molecule has 1 aromatic heterocycles. The van der Waals surface area contributed by atoms with Gasteiger partial charge < -0.3 is 4.90 Å². The molecule has 0 aliphatic carbocycles. The van der Waals surface area contributed by atoms with Crippen molar-refractivity contribution in [1.29, 1.82) is 0 Å². The van der Waals surface area contributed by atoms with Crippen molar-refractivity contribution in [3.63, 3.8) is 0 Å². The van der Waals surface area contributed by atoms with Crippen LogP contribution in [0.3, 0.4) is 0 Å². The van der Waals surface area contributed by atoms with Crippen molar-refractivity contribution in [2.75, 3.05) is 26.2 Å². The van der Waals surface area contributed by atoms with Crippen molar-refractivity contribution >= 4 is 17.5 Å². The van der Waals surface area contributed by atoms with Gasteiger partial charge in [-0.1, -0.05) is 6.92 Å². The fourth-order valence-electron chi connectivity index (χ4n) is 2.67. The van der Waals surface area contributed by atoms with Crippen molar-refractivity contribution in [2.45, 2.75) is 38.2 Å². The number of hydrogen-bond acceptors (Lipinski definition) is 3. The minimum Gasteiger partial charge on any atom is -0.336 e. The predicted molar refractivity (Wildman–Crippen MR) is 79.8 cm³/mol. The van der Waals surface area contributed by atoms with Gasteiger partial charge in [0.15, 0.2) is 0 Å². The number of halogens is 1. The zero-order valence-electron chi connectivity index (χ0n) is 12.2. The average Bonchev–Trinajstić information content (AvgIpc) is 2.97. The number of piperazine rings is 1. The molecule has 20 heavy (non-hydrogen) atoms. The summed E-state index contributed by atoms with van der Waals surface area (Å²) < 4.78 is 1.94. The third kappa shape index (κ3) is 3.73. The van der Waals surface area contributed by atoms with Gasteiger partial charge >= 0.3 is 0 Å². The number of rotatable bonds is 5. The van der Waals surface area contributed by atoms with Crippen LogP contribution in [0.25, 0.3) is 0 Å². The zero-order chi connectivity index (χ0) is 14.5. The Labute approximate surface area is 125 Å². The highest BCUT2D eigenvalue weighted by Crippen LogP contribution is 2.15. The van der Waals surface area contributed by atoms with E-state index in [1.807, 2.05) is 21.8 Å². The molecule has 0 aromatic carbocycles. The Hall–Kier alpha value is -1.07. The molecule has 0 radical (unpaired) electrons. The van der Waals surface area contributed by atoms with Crippen LogP contribution in [0.5, 0.6) is 0 Å². The maximum Gasteiger partial charge on any atom is 0.240 e. The Bertz CT molecular complexity index is 421. The summed E-state index contributed by atoms with van der Waals surface area (Å²) >= 11 is 5.93. The molecule has 2 heterocycles. The molecule has 1 aliphatic heterocycles. The Kier molecular flexibility index (Phi) is 5.43. The molecule has 2 rings (SSSR count). The van der Waals surface area contributed by atoms with E-state index in [1.165, 1.54) is 0 Å². The van der Waals surface area contributed by atoms with Gasteiger partial charge in [0, 0.05) is 44.6 Å². The van der Waals surface area contributed by atoms with Crippen LogP contribution in [-0.4, -0.2) is 63.1 Å². The van der Waals surface area contributed by atoms with E-state index in [-0.39, 0.29) is 11.9 Å². The Balaban J connectivity index is 1.86. The highest BCUT2D eigenvalue weighted by atomic mass is 35.5. The topological polar surface area (TPSA) is 41.4 Å². The average molecular weight is 299 g/mol. The smallest absolute Gasteiger partial charge is 0.240 e. The molecule has 0 saturated carbocycles. The van der Waals surface area contributed by atoms with Gasteiger partial charge in [0.05, 0.1) is 6.54 Å². The van der Waals surface area contributed by atoms with Gasteiger partial charge in [-0.25, -0.2) is 0 Å². The second-order valence-corrected chi connectivity index (χ2v) is 5.93. The van der Waals surface area contributed by atoms with Crippen molar-refractivity contribution in [1.82, 2.24) is 19.6 Å². The van der Waals surface area contributed by atoms with Gasteiger partial charge in [-0.05, 0) is 19.4 Å². The third-order valence-corrected chi connectivity index (χ3v) is 4.05. The fourth-order valence-corrected chi connectivity index (χ4v) is 2.79. The first-order valence-corrected chi connectivity index (χ1v) is 7.69. The molecule has 112 valence electrons. The Morgan fingerprint density at radius 3 is 2.85 bits per heavy atom. The molecule has 0 N–H and O–H groups in total. The highest BCUT2D eigenvalue weighted by Gasteiger charge is 2.30. The van der Waals surface area contributed by atoms with Gasteiger partial charge in [0.25, 0.3) is 0 Å². The van der Waals surface area contributed by atoms with Crippen LogP contribution in [-0.2, 0) is 11.3 Å². The lowest BCUT2D eigenvalue weighted by atomic mass is 10.1. The summed E-state index contributed by atoms with van der Waals surface area (Å²) in [6, 6.07) is 2.21. The first-order chi connectivity index (χ1) is 9.61. The Morgan fingerprint density at radius 1 is 1.45 bits per heavy atom. The lowest BCUT2D eigenvalue weighted by molar-refractivity contribution is -0.135. The lowest BCUT2D eigenvalue weighted by Crippen LogP contribution is -2.56. The lowest BCUT2D eigenvalue weighted by Gasteiger charge is -2.41. The highest BCUT2D eigenvalue weighted by molar-refractivity contribution is 6.30. The second-order valence-electron chi connectivity index (χ2n) is 5.28. The minimum absolute atomic E-state index is 0.0604. The van der Waals surface area contributed by atoms with Crippen LogP contribution in [0.15, 0.2) is 18.5 Å². The van der Waals surface area contributed by atoms with Gasteiger partial charge in [-0.2, -0.15) is 5.10 Å². The second kappa shape index (κ2) is 7.09. The van der Waals surface area contributed by atoms with E-state index >= 15 is 0 Å². The first-order valence-electron chi connectivity index (χ1n) is 7.26. The maximum absolute atomic E-state index is 12.1. The van der Waals surface area contributed by atoms with Crippen molar-refractivity contribution in [2.24, 2.45) is 0 Å². The monoisotopic (exact) mass is 298 g/mol. The molecule has 1 aliphatic rings. The molecule has 0 bridgehead atoms. The molecule has 6 heteroatoms. The molecule has 2 atom stereocenters. The van der Waals surface area contributed by atoms with Crippen LogP contribution < -0.4 is 0 Å². The first kappa shape index (κ1) is 15.3. The number of amides is 1. The summed E-state index contributed by atoms with van der Waals surface area (Å²) in [7, 11) is 0. The molecule has 0 spiro atoms.